The first-order valence-corrected chi connectivity index (χ1v) is 10.7. The third kappa shape index (κ3) is 3.95. The zero-order chi connectivity index (χ0) is 17.9. The molecule has 1 aromatic carbocycles. The van der Waals surface area contributed by atoms with Gasteiger partial charge in [0.1, 0.15) is 0 Å². The molecule has 1 aliphatic heterocycles. The van der Waals surface area contributed by atoms with Crippen molar-refractivity contribution in [3.05, 3.63) is 34.7 Å². The molecule has 1 atom stereocenters. The SMILES string of the molecule is O=C(NCCO)c1sc2ccccc2c1C[C@H]1CCCCN1CC1CC1. The van der Waals surface area contributed by atoms with Crippen LogP contribution >= 0.6 is 11.3 Å². The van der Waals surface area contributed by atoms with Crippen LogP contribution in [0.1, 0.15) is 47.3 Å². The van der Waals surface area contributed by atoms with Crippen molar-refractivity contribution in [1.29, 1.82) is 0 Å². The number of thiophene rings is 1. The van der Waals surface area contributed by atoms with Crippen molar-refractivity contribution in [2.75, 3.05) is 26.2 Å². The lowest BCUT2D eigenvalue weighted by atomic mass is 9.93. The third-order valence-corrected chi connectivity index (χ3v) is 6.89. The average molecular weight is 373 g/mol. The van der Waals surface area contributed by atoms with E-state index in [9.17, 15) is 4.79 Å². The van der Waals surface area contributed by atoms with E-state index in [1.165, 1.54) is 60.8 Å². The smallest absolute Gasteiger partial charge is 0.261 e. The number of piperidine rings is 1. The minimum atomic E-state index is -0.0418. The molecule has 4 nitrogen and oxygen atoms in total. The number of aliphatic hydroxyl groups excluding tert-OH is 1. The van der Waals surface area contributed by atoms with Gasteiger partial charge in [0.05, 0.1) is 11.5 Å². The molecular weight excluding hydrogens is 344 g/mol. The molecule has 2 aliphatic rings. The lowest BCUT2D eigenvalue weighted by molar-refractivity contribution is 0.0946. The van der Waals surface area contributed by atoms with Crippen molar-refractivity contribution < 1.29 is 9.90 Å². The van der Waals surface area contributed by atoms with Gasteiger partial charge in [0, 0.05) is 23.8 Å². The van der Waals surface area contributed by atoms with Gasteiger partial charge in [0.15, 0.2) is 0 Å². The fourth-order valence-electron chi connectivity index (χ4n) is 4.13. The number of nitrogens with one attached hydrogen (secondary N) is 1. The summed E-state index contributed by atoms with van der Waals surface area (Å²) in [4.78, 5) is 16.2. The average Bonchev–Trinajstić information content (AvgIpc) is 3.41. The predicted molar refractivity (Wildman–Crippen MR) is 107 cm³/mol. The van der Waals surface area contributed by atoms with E-state index >= 15 is 0 Å². The van der Waals surface area contributed by atoms with Gasteiger partial charge >= 0.3 is 0 Å². The fourth-order valence-corrected chi connectivity index (χ4v) is 5.28. The zero-order valence-electron chi connectivity index (χ0n) is 15.2. The van der Waals surface area contributed by atoms with Crippen molar-refractivity contribution in [1.82, 2.24) is 10.2 Å². The van der Waals surface area contributed by atoms with Crippen LogP contribution in [0.25, 0.3) is 10.1 Å². The monoisotopic (exact) mass is 372 g/mol. The first-order chi connectivity index (χ1) is 12.8. The molecular formula is C21H28N2O2S. The lowest BCUT2D eigenvalue weighted by Crippen LogP contribution is -2.42. The van der Waals surface area contributed by atoms with E-state index in [1.807, 2.05) is 6.07 Å². The van der Waals surface area contributed by atoms with Crippen LogP contribution in [-0.4, -0.2) is 48.2 Å². The molecule has 26 heavy (non-hydrogen) atoms. The fraction of sp³-hybridized carbons (Fsp3) is 0.571. The molecule has 0 unspecified atom stereocenters. The lowest BCUT2D eigenvalue weighted by Gasteiger charge is -2.36. The van der Waals surface area contributed by atoms with Crippen molar-refractivity contribution in [2.24, 2.45) is 5.92 Å². The number of rotatable bonds is 7. The van der Waals surface area contributed by atoms with Gasteiger partial charge in [-0.05, 0) is 61.6 Å². The van der Waals surface area contributed by atoms with Crippen molar-refractivity contribution in [2.45, 2.75) is 44.6 Å². The minimum absolute atomic E-state index is 0.0240. The van der Waals surface area contributed by atoms with E-state index in [-0.39, 0.29) is 12.5 Å². The Morgan fingerprint density at radius 3 is 2.88 bits per heavy atom. The van der Waals surface area contributed by atoms with Gasteiger partial charge in [0.25, 0.3) is 5.91 Å². The Morgan fingerprint density at radius 1 is 1.23 bits per heavy atom. The highest BCUT2D eigenvalue weighted by atomic mass is 32.1. The summed E-state index contributed by atoms with van der Waals surface area (Å²) in [6.07, 6.45) is 7.56. The van der Waals surface area contributed by atoms with Crippen LogP contribution in [0, 0.1) is 5.92 Å². The Hall–Kier alpha value is -1.43. The minimum Gasteiger partial charge on any atom is -0.395 e. The number of carbonyl (C=O) groups excluding carboxylic acids is 1. The molecule has 140 valence electrons. The van der Waals surface area contributed by atoms with E-state index in [0.717, 1.165) is 17.2 Å². The van der Waals surface area contributed by atoms with E-state index in [0.29, 0.717) is 12.6 Å². The standard InChI is InChI=1S/C21H28N2O2S/c24-12-10-22-21(25)20-18(17-6-1-2-7-19(17)26-20)13-16-5-3-4-11-23(16)14-15-8-9-15/h1-2,6-7,15-16,24H,3-5,8-14H2,(H,22,25)/t16-/m1/s1. The summed E-state index contributed by atoms with van der Waals surface area (Å²) in [7, 11) is 0. The highest BCUT2D eigenvalue weighted by Gasteiger charge is 2.31. The third-order valence-electron chi connectivity index (χ3n) is 5.68. The van der Waals surface area contributed by atoms with Gasteiger partial charge in [-0.25, -0.2) is 0 Å². The first-order valence-electron chi connectivity index (χ1n) is 9.89. The zero-order valence-corrected chi connectivity index (χ0v) is 16.1. The van der Waals surface area contributed by atoms with Crippen molar-refractivity contribution in [3.63, 3.8) is 0 Å². The quantitative estimate of drug-likeness (QED) is 0.783. The van der Waals surface area contributed by atoms with Crippen molar-refractivity contribution in [3.8, 4) is 0 Å². The van der Waals surface area contributed by atoms with Gasteiger partial charge in [-0.1, -0.05) is 24.6 Å². The molecule has 1 aliphatic carbocycles. The first kappa shape index (κ1) is 18.0. The molecule has 2 N–H and O–H groups in total. The molecule has 2 aromatic rings. The van der Waals surface area contributed by atoms with Gasteiger partial charge in [-0.3, -0.25) is 9.69 Å². The number of nitrogens with zero attached hydrogens (tertiary/aromatic N) is 1. The largest absolute Gasteiger partial charge is 0.395 e. The molecule has 2 heterocycles. The maximum Gasteiger partial charge on any atom is 0.261 e. The van der Waals surface area contributed by atoms with Crippen LogP contribution in [0.2, 0.25) is 0 Å². The van der Waals surface area contributed by atoms with Gasteiger partial charge in [0.2, 0.25) is 0 Å². The number of aliphatic hydroxyl groups is 1. The summed E-state index contributed by atoms with van der Waals surface area (Å²) in [5.74, 6) is 0.863. The number of carbonyl (C=O) groups is 1. The van der Waals surface area contributed by atoms with E-state index < -0.39 is 0 Å². The molecule has 0 radical (unpaired) electrons. The highest BCUT2D eigenvalue weighted by molar-refractivity contribution is 7.21. The summed E-state index contributed by atoms with van der Waals surface area (Å²) < 4.78 is 1.18. The van der Waals surface area contributed by atoms with E-state index in [2.05, 4.69) is 28.4 Å². The molecule has 4 rings (SSSR count). The Balaban J connectivity index is 1.61. The summed E-state index contributed by atoms with van der Waals surface area (Å²) in [6, 6.07) is 8.91. The molecule has 1 aromatic heterocycles. The molecule has 2 fully saturated rings. The maximum absolute atomic E-state index is 12.7. The topological polar surface area (TPSA) is 52.6 Å². The number of hydrogen-bond donors (Lipinski definition) is 2. The molecule has 1 saturated heterocycles. The van der Waals surface area contributed by atoms with Crippen LogP contribution in [0.4, 0.5) is 0 Å². The number of likely N-dealkylation sites (tertiary alicyclic amines) is 1. The van der Waals surface area contributed by atoms with Crippen LogP contribution in [0.3, 0.4) is 0 Å². The second kappa shape index (κ2) is 8.07. The highest BCUT2D eigenvalue weighted by Crippen LogP contribution is 2.36. The van der Waals surface area contributed by atoms with Crippen LogP contribution in [0.15, 0.2) is 24.3 Å². The summed E-state index contributed by atoms with van der Waals surface area (Å²) in [6.45, 7) is 2.72. The predicted octanol–water partition coefficient (Wildman–Crippen LogP) is 3.43. The molecule has 0 bridgehead atoms. The number of benzene rings is 1. The number of hydrogen-bond acceptors (Lipinski definition) is 4. The molecule has 1 saturated carbocycles. The Bertz CT molecular complexity index is 768. The number of amides is 1. The summed E-state index contributed by atoms with van der Waals surface area (Å²) >= 11 is 1.59. The molecule has 0 spiro atoms. The summed E-state index contributed by atoms with van der Waals surface area (Å²) in [5, 5.41) is 13.1. The van der Waals surface area contributed by atoms with Crippen molar-refractivity contribution >= 4 is 27.3 Å². The second-order valence-electron chi connectivity index (χ2n) is 7.68. The van der Waals surface area contributed by atoms with Gasteiger partial charge < -0.3 is 10.4 Å². The second-order valence-corrected chi connectivity index (χ2v) is 8.73. The Kier molecular flexibility index (Phi) is 5.57. The van der Waals surface area contributed by atoms with Crippen LogP contribution in [0.5, 0.6) is 0 Å². The number of fused-ring (bicyclic) bond motifs is 1. The van der Waals surface area contributed by atoms with E-state index in [4.69, 9.17) is 5.11 Å². The van der Waals surface area contributed by atoms with E-state index in [1.54, 1.807) is 11.3 Å². The molecule has 5 heteroatoms. The Morgan fingerprint density at radius 2 is 2.08 bits per heavy atom. The molecule has 1 amide bonds. The van der Waals surface area contributed by atoms with Gasteiger partial charge in [-0.15, -0.1) is 11.3 Å². The normalized spacial score (nSPS) is 21.2. The Labute approximate surface area is 159 Å². The van der Waals surface area contributed by atoms with Crippen LogP contribution < -0.4 is 5.32 Å². The van der Waals surface area contributed by atoms with Gasteiger partial charge in [-0.2, -0.15) is 0 Å². The summed E-state index contributed by atoms with van der Waals surface area (Å²) in [5.41, 5.74) is 1.20. The van der Waals surface area contributed by atoms with Crippen LogP contribution in [-0.2, 0) is 6.42 Å². The maximum atomic E-state index is 12.7.